The third-order valence-electron chi connectivity index (χ3n) is 4.07. The summed E-state index contributed by atoms with van der Waals surface area (Å²) in [6.07, 6.45) is 3.86. The fourth-order valence-electron chi connectivity index (χ4n) is 3.04. The van der Waals surface area contributed by atoms with Crippen LogP contribution in [0, 0.1) is 0 Å². The first kappa shape index (κ1) is 12.4. The van der Waals surface area contributed by atoms with Gasteiger partial charge >= 0.3 is 5.97 Å². The first-order valence-electron chi connectivity index (χ1n) is 6.17. The molecule has 2 aliphatic rings. The molecule has 2 rings (SSSR count). The highest BCUT2D eigenvalue weighted by molar-refractivity contribution is 5.90. The Balaban J connectivity index is 2.11. The molecule has 0 aliphatic carbocycles. The Kier molecular flexibility index (Phi) is 3.38. The molecule has 5 heteroatoms. The zero-order chi connectivity index (χ0) is 12.5. The van der Waals surface area contributed by atoms with Gasteiger partial charge in [-0.05, 0) is 39.3 Å². The molecule has 1 atom stereocenters. The molecule has 0 saturated carbocycles. The monoisotopic (exact) mass is 240 g/mol. The molecule has 0 bridgehead atoms. The van der Waals surface area contributed by atoms with Gasteiger partial charge in [-0.3, -0.25) is 14.5 Å². The van der Waals surface area contributed by atoms with E-state index >= 15 is 0 Å². The number of piperidine rings is 1. The van der Waals surface area contributed by atoms with E-state index < -0.39 is 0 Å². The number of esters is 1. The Morgan fingerprint density at radius 3 is 2.59 bits per heavy atom. The summed E-state index contributed by atoms with van der Waals surface area (Å²) in [7, 11) is 3.36. The molecule has 0 radical (unpaired) electrons. The van der Waals surface area contributed by atoms with Crippen molar-refractivity contribution in [3.8, 4) is 0 Å². The Labute approximate surface area is 102 Å². The number of ether oxygens (including phenoxy) is 1. The maximum absolute atomic E-state index is 12.5. The van der Waals surface area contributed by atoms with E-state index in [1.165, 1.54) is 7.11 Å². The van der Waals surface area contributed by atoms with E-state index in [2.05, 4.69) is 9.64 Å². The van der Waals surface area contributed by atoms with Crippen molar-refractivity contribution in [3.63, 3.8) is 0 Å². The topological polar surface area (TPSA) is 49.9 Å². The van der Waals surface area contributed by atoms with Crippen LogP contribution in [-0.4, -0.2) is 61.0 Å². The van der Waals surface area contributed by atoms with Crippen molar-refractivity contribution >= 4 is 11.9 Å². The lowest BCUT2D eigenvalue weighted by Gasteiger charge is -2.42. The van der Waals surface area contributed by atoms with Crippen molar-refractivity contribution in [2.45, 2.75) is 31.2 Å². The molecule has 17 heavy (non-hydrogen) atoms. The highest BCUT2D eigenvalue weighted by Crippen LogP contribution is 2.36. The predicted octanol–water partition coefficient (Wildman–Crippen LogP) is 0.246. The number of rotatable bonds is 2. The lowest BCUT2D eigenvalue weighted by atomic mass is 9.85. The van der Waals surface area contributed by atoms with Crippen LogP contribution in [0.3, 0.4) is 0 Å². The molecule has 2 fully saturated rings. The van der Waals surface area contributed by atoms with Crippen LogP contribution < -0.4 is 0 Å². The maximum atomic E-state index is 12.5. The summed E-state index contributed by atoms with van der Waals surface area (Å²) in [6, 6.07) is 0. The first-order chi connectivity index (χ1) is 8.10. The Morgan fingerprint density at radius 2 is 2.00 bits per heavy atom. The largest absolute Gasteiger partial charge is 0.468 e. The third-order valence-corrected chi connectivity index (χ3v) is 4.07. The van der Waals surface area contributed by atoms with Gasteiger partial charge in [0.2, 0.25) is 5.91 Å². The fraction of sp³-hybridized carbons (Fsp3) is 0.833. The number of hydrogen-bond acceptors (Lipinski definition) is 4. The lowest BCUT2D eigenvalue weighted by Crippen LogP contribution is -2.59. The molecule has 0 aromatic rings. The molecule has 1 amide bonds. The van der Waals surface area contributed by atoms with E-state index in [4.69, 9.17) is 0 Å². The molecule has 2 heterocycles. The smallest absolute Gasteiger partial charge is 0.325 e. The molecule has 2 saturated heterocycles. The molecule has 0 unspecified atom stereocenters. The predicted molar refractivity (Wildman–Crippen MR) is 62.4 cm³/mol. The molecule has 1 spiro atoms. The summed E-state index contributed by atoms with van der Waals surface area (Å²) in [4.78, 5) is 27.6. The average Bonchev–Trinajstić information content (AvgIpc) is 2.68. The normalized spacial score (nSPS) is 30.0. The molecule has 0 aromatic heterocycles. The van der Waals surface area contributed by atoms with E-state index in [1.807, 2.05) is 7.05 Å². The fourth-order valence-corrected chi connectivity index (χ4v) is 3.04. The van der Waals surface area contributed by atoms with E-state index in [9.17, 15) is 9.59 Å². The van der Waals surface area contributed by atoms with Gasteiger partial charge in [-0.15, -0.1) is 0 Å². The van der Waals surface area contributed by atoms with Gasteiger partial charge in [0.05, 0.1) is 7.11 Å². The number of likely N-dealkylation sites (tertiary alicyclic amines) is 2. The molecule has 5 nitrogen and oxygen atoms in total. The molecular formula is C12H20N2O3. The van der Waals surface area contributed by atoms with Crippen molar-refractivity contribution in [1.82, 2.24) is 9.80 Å². The van der Waals surface area contributed by atoms with Gasteiger partial charge in [0, 0.05) is 6.54 Å². The van der Waals surface area contributed by atoms with Crippen molar-refractivity contribution in [3.05, 3.63) is 0 Å². The van der Waals surface area contributed by atoms with Crippen LogP contribution in [-0.2, 0) is 14.3 Å². The summed E-state index contributed by atoms with van der Waals surface area (Å²) in [5.41, 5.74) is -0.341. The van der Waals surface area contributed by atoms with Gasteiger partial charge in [0.15, 0.2) is 0 Å². The van der Waals surface area contributed by atoms with Gasteiger partial charge in [-0.25, -0.2) is 0 Å². The second kappa shape index (κ2) is 4.64. The van der Waals surface area contributed by atoms with E-state index in [-0.39, 0.29) is 24.0 Å². The summed E-state index contributed by atoms with van der Waals surface area (Å²) >= 11 is 0. The van der Waals surface area contributed by atoms with E-state index in [0.29, 0.717) is 6.54 Å². The number of methoxy groups -OCH3 is 1. The molecule has 96 valence electrons. The van der Waals surface area contributed by atoms with Gasteiger partial charge in [0.1, 0.15) is 12.1 Å². The lowest BCUT2D eigenvalue weighted by molar-refractivity contribution is -0.154. The van der Waals surface area contributed by atoms with Crippen LogP contribution in [0.4, 0.5) is 0 Å². The van der Waals surface area contributed by atoms with Gasteiger partial charge < -0.3 is 9.64 Å². The van der Waals surface area contributed by atoms with Gasteiger partial charge in [-0.1, -0.05) is 0 Å². The van der Waals surface area contributed by atoms with Crippen LogP contribution in [0.2, 0.25) is 0 Å². The number of carbonyl (C=O) groups excluding carboxylic acids is 2. The Bertz CT molecular complexity index is 332. The van der Waals surface area contributed by atoms with Crippen LogP contribution >= 0.6 is 0 Å². The maximum Gasteiger partial charge on any atom is 0.325 e. The van der Waals surface area contributed by atoms with Gasteiger partial charge in [-0.2, -0.15) is 0 Å². The van der Waals surface area contributed by atoms with Crippen LogP contribution in [0.25, 0.3) is 0 Å². The van der Waals surface area contributed by atoms with Crippen molar-refractivity contribution in [2.75, 3.05) is 33.8 Å². The first-order valence-corrected chi connectivity index (χ1v) is 6.17. The standard InChI is InChI=1S/C12H20N2O3/c1-13-7-3-5-12(13)6-4-8-14(11(12)16)9-10(15)17-2/h3-9H2,1-2H3/t12-/m1/s1. The van der Waals surface area contributed by atoms with E-state index in [0.717, 1.165) is 32.2 Å². The second-order valence-electron chi connectivity index (χ2n) is 4.96. The van der Waals surface area contributed by atoms with Gasteiger partial charge in [0.25, 0.3) is 0 Å². The number of carbonyl (C=O) groups is 2. The van der Waals surface area contributed by atoms with Crippen molar-refractivity contribution in [2.24, 2.45) is 0 Å². The minimum atomic E-state index is -0.341. The summed E-state index contributed by atoms with van der Waals surface area (Å²) in [5.74, 6) is -0.231. The Hall–Kier alpha value is -1.10. The molecule has 0 aromatic carbocycles. The number of likely N-dealkylation sites (N-methyl/N-ethyl adjacent to an activating group) is 1. The van der Waals surface area contributed by atoms with Crippen LogP contribution in [0.5, 0.6) is 0 Å². The quantitative estimate of drug-likeness (QED) is 0.649. The number of amides is 1. The summed E-state index contributed by atoms with van der Waals surface area (Å²) < 4.78 is 4.63. The molecule has 0 N–H and O–H groups in total. The summed E-state index contributed by atoms with van der Waals surface area (Å²) in [5, 5.41) is 0. The minimum Gasteiger partial charge on any atom is -0.468 e. The molecule has 2 aliphatic heterocycles. The van der Waals surface area contributed by atoms with Crippen molar-refractivity contribution < 1.29 is 14.3 Å². The van der Waals surface area contributed by atoms with E-state index in [1.54, 1.807) is 4.90 Å². The zero-order valence-electron chi connectivity index (χ0n) is 10.6. The average molecular weight is 240 g/mol. The zero-order valence-corrected chi connectivity index (χ0v) is 10.6. The van der Waals surface area contributed by atoms with Crippen LogP contribution in [0.15, 0.2) is 0 Å². The third kappa shape index (κ3) is 2.04. The minimum absolute atomic E-state index is 0.0882. The number of nitrogens with zero attached hydrogens (tertiary/aromatic N) is 2. The summed E-state index contributed by atoms with van der Waals surface area (Å²) in [6.45, 7) is 1.73. The van der Waals surface area contributed by atoms with Crippen LogP contribution in [0.1, 0.15) is 25.7 Å². The van der Waals surface area contributed by atoms with Crippen molar-refractivity contribution in [1.29, 1.82) is 0 Å². The SMILES string of the molecule is COC(=O)CN1CCC[C@]2(CCCN2C)C1=O. The second-order valence-corrected chi connectivity index (χ2v) is 4.96. The molecular weight excluding hydrogens is 220 g/mol. The highest BCUT2D eigenvalue weighted by Gasteiger charge is 2.49. The number of hydrogen-bond donors (Lipinski definition) is 0. The highest BCUT2D eigenvalue weighted by atomic mass is 16.5. The Morgan fingerprint density at radius 1 is 1.35 bits per heavy atom.